The molecule has 0 aromatic carbocycles. The molecule has 0 spiro atoms. The number of furan rings is 1. The Labute approximate surface area is 114 Å². The molecule has 0 bridgehead atoms. The second-order valence-electron chi connectivity index (χ2n) is 5.94. The van der Waals surface area contributed by atoms with Crippen LogP contribution in [0.4, 0.5) is 5.82 Å². The number of hydrogen-bond acceptors (Lipinski definition) is 3. The van der Waals surface area contributed by atoms with Gasteiger partial charge in [-0.05, 0) is 36.8 Å². The van der Waals surface area contributed by atoms with Gasteiger partial charge in [-0.25, -0.2) is 4.98 Å². The molecule has 2 aromatic rings. The predicted molar refractivity (Wildman–Crippen MR) is 78.2 cm³/mol. The lowest BCUT2D eigenvalue weighted by atomic mass is 9.78. The van der Waals surface area contributed by atoms with Crippen molar-refractivity contribution < 1.29 is 4.42 Å². The van der Waals surface area contributed by atoms with Gasteiger partial charge in [0.25, 0.3) is 0 Å². The van der Waals surface area contributed by atoms with Gasteiger partial charge in [0.1, 0.15) is 11.4 Å². The molecule has 0 radical (unpaired) electrons. The Balaban J connectivity index is 1.85. The van der Waals surface area contributed by atoms with E-state index in [9.17, 15) is 0 Å². The van der Waals surface area contributed by atoms with Crippen LogP contribution in [0.3, 0.4) is 0 Å². The average molecular weight is 258 g/mol. The minimum atomic E-state index is 0.543. The summed E-state index contributed by atoms with van der Waals surface area (Å²) in [5.41, 5.74) is 0.911. The van der Waals surface area contributed by atoms with Crippen LogP contribution in [0.5, 0.6) is 0 Å². The van der Waals surface area contributed by atoms with Gasteiger partial charge < -0.3 is 9.73 Å². The van der Waals surface area contributed by atoms with Crippen molar-refractivity contribution in [3.63, 3.8) is 0 Å². The van der Waals surface area contributed by atoms with Gasteiger partial charge >= 0.3 is 0 Å². The van der Waals surface area contributed by atoms with Crippen LogP contribution in [-0.4, -0.2) is 11.0 Å². The smallest absolute Gasteiger partial charge is 0.139 e. The van der Waals surface area contributed by atoms with E-state index in [0.717, 1.165) is 28.6 Å². The van der Waals surface area contributed by atoms with Gasteiger partial charge in [0.15, 0.2) is 0 Å². The Hall–Kier alpha value is -1.51. The average Bonchev–Trinajstić information content (AvgIpc) is 2.88. The van der Waals surface area contributed by atoms with Crippen LogP contribution in [0, 0.1) is 11.8 Å². The summed E-state index contributed by atoms with van der Waals surface area (Å²) in [6, 6.07) is 4.46. The molecule has 1 saturated carbocycles. The SMILES string of the molecule is CC(C)C1CCCCC1Nc1nccc2occc12. The third-order valence-electron chi connectivity index (χ3n) is 4.38. The van der Waals surface area contributed by atoms with Crippen molar-refractivity contribution in [1.82, 2.24) is 4.98 Å². The molecule has 1 N–H and O–H groups in total. The Morgan fingerprint density at radius 1 is 1.26 bits per heavy atom. The highest BCUT2D eigenvalue weighted by Crippen LogP contribution is 2.33. The second-order valence-corrected chi connectivity index (χ2v) is 5.94. The molecule has 2 heterocycles. The van der Waals surface area contributed by atoms with E-state index in [1.807, 2.05) is 18.3 Å². The highest BCUT2D eigenvalue weighted by molar-refractivity contribution is 5.87. The Bertz CT molecular complexity index is 546. The van der Waals surface area contributed by atoms with Crippen molar-refractivity contribution >= 4 is 16.8 Å². The van der Waals surface area contributed by atoms with E-state index in [2.05, 4.69) is 24.1 Å². The van der Waals surface area contributed by atoms with Crippen LogP contribution in [0.2, 0.25) is 0 Å². The molecule has 2 unspecified atom stereocenters. The molecule has 1 aliphatic carbocycles. The van der Waals surface area contributed by atoms with Gasteiger partial charge in [-0.2, -0.15) is 0 Å². The maximum atomic E-state index is 5.44. The topological polar surface area (TPSA) is 38.1 Å². The molecule has 3 nitrogen and oxygen atoms in total. The monoisotopic (exact) mass is 258 g/mol. The first-order valence-electron chi connectivity index (χ1n) is 7.34. The highest BCUT2D eigenvalue weighted by Gasteiger charge is 2.28. The van der Waals surface area contributed by atoms with Crippen LogP contribution in [-0.2, 0) is 0 Å². The highest BCUT2D eigenvalue weighted by atomic mass is 16.3. The van der Waals surface area contributed by atoms with Gasteiger partial charge in [-0.15, -0.1) is 0 Å². The summed E-state index contributed by atoms with van der Waals surface area (Å²) in [5, 5.41) is 4.76. The standard InChI is InChI=1S/C16H22N2O/c1-11(2)12-5-3-4-6-14(12)18-16-13-8-10-19-15(13)7-9-17-16/h7-12,14H,3-6H2,1-2H3,(H,17,18). The summed E-state index contributed by atoms with van der Waals surface area (Å²) in [6.45, 7) is 4.66. The third kappa shape index (κ3) is 2.46. The fraction of sp³-hybridized carbons (Fsp3) is 0.562. The van der Waals surface area contributed by atoms with E-state index in [0.29, 0.717) is 6.04 Å². The molecule has 1 fully saturated rings. The van der Waals surface area contributed by atoms with Gasteiger partial charge in [0.2, 0.25) is 0 Å². The van der Waals surface area contributed by atoms with Crippen molar-refractivity contribution in [2.24, 2.45) is 11.8 Å². The van der Waals surface area contributed by atoms with Gasteiger partial charge in [0, 0.05) is 12.2 Å². The lowest BCUT2D eigenvalue weighted by Gasteiger charge is -2.35. The number of nitrogens with one attached hydrogen (secondary N) is 1. The molecule has 19 heavy (non-hydrogen) atoms. The number of fused-ring (bicyclic) bond motifs is 1. The van der Waals surface area contributed by atoms with Crippen LogP contribution < -0.4 is 5.32 Å². The normalized spacial score (nSPS) is 23.9. The maximum Gasteiger partial charge on any atom is 0.139 e. The first-order chi connectivity index (χ1) is 9.25. The van der Waals surface area contributed by atoms with Crippen molar-refractivity contribution in [3.05, 3.63) is 24.6 Å². The van der Waals surface area contributed by atoms with E-state index < -0.39 is 0 Å². The van der Waals surface area contributed by atoms with Gasteiger partial charge in [-0.3, -0.25) is 0 Å². The first kappa shape index (κ1) is 12.5. The Morgan fingerprint density at radius 2 is 2.11 bits per heavy atom. The molecule has 0 saturated heterocycles. The molecular weight excluding hydrogens is 236 g/mol. The summed E-state index contributed by atoms with van der Waals surface area (Å²) < 4.78 is 5.44. The summed E-state index contributed by atoms with van der Waals surface area (Å²) in [4.78, 5) is 4.50. The lowest BCUT2D eigenvalue weighted by molar-refractivity contribution is 0.253. The molecular formula is C16H22N2O. The fourth-order valence-corrected chi connectivity index (χ4v) is 3.32. The first-order valence-corrected chi connectivity index (χ1v) is 7.34. The molecule has 102 valence electrons. The number of aromatic nitrogens is 1. The van der Waals surface area contributed by atoms with E-state index >= 15 is 0 Å². The molecule has 3 heteroatoms. The predicted octanol–water partition coefficient (Wildman–Crippen LogP) is 4.45. The minimum absolute atomic E-state index is 0.543. The van der Waals surface area contributed by atoms with E-state index in [-0.39, 0.29) is 0 Å². The minimum Gasteiger partial charge on any atom is -0.464 e. The Kier molecular flexibility index (Phi) is 3.45. The zero-order valence-corrected chi connectivity index (χ0v) is 11.7. The van der Waals surface area contributed by atoms with Gasteiger partial charge in [-0.1, -0.05) is 26.7 Å². The third-order valence-corrected chi connectivity index (χ3v) is 4.38. The summed E-state index contributed by atoms with van der Waals surface area (Å²) in [7, 11) is 0. The van der Waals surface area contributed by atoms with Crippen LogP contribution >= 0.6 is 0 Å². The number of nitrogens with zero attached hydrogens (tertiary/aromatic N) is 1. The molecule has 1 aliphatic rings. The van der Waals surface area contributed by atoms with Crippen molar-refractivity contribution in [1.29, 1.82) is 0 Å². The lowest BCUT2D eigenvalue weighted by Crippen LogP contribution is -2.35. The quantitative estimate of drug-likeness (QED) is 0.883. The number of anilines is 1. The van der Waals surface area contributed by atoms with Crippen molar-refractivity contribution in [2.45, 2.75) is 45.6 Å². The van der Waals surface area contributed by atoms with Crippen LogP contribution in [0.1, 0.15) is 39.5 Å². The largest absolute Gasteiger partial charge is 0.464 e. The summed E-state index contributed by atoms with van der Waals surface area (Å²) in [6.07, 6.45) is 8.82. The number of pyridine rings is 1. The van der Waals surface area contributed by atoms with Crippen molar-refractivity contribution in [3.8, 4) is 0 Å². The number of hydrogen-bond donors (Lipinski definition) is 1. The Morgan fingerprint density at radius 3 is 2.95 bits per heavy atom. The van der Waals surface area contributed by atoms with Crippen molar-refractivity contribution in [2.75, 3.05) is 5.32 Å². The molecule has 2 atom stereocenters. The molecule has 3 rings (SSSR count). The maximum absolute atomic E-state index is 5.44. The zero-order chi connectivity index (χ0) is 13.2. The fourth-order valence-electron chi connectivity index (χ4n) is 3.32. The van der Waals surface area contributed by atoms with E-state index in [1.165, 1.54) is 25.7 Å². The molecule has 0 aliphatic heterocycles. The van der Waals surface area contributed by atoms with E-state index in [4.69, 9.17) is 4.42 Å². The number of rotatable bonds is 3. The summed E-state index contributed by atoms with van der Waals surface area (Å²) in [5.74, 6) is 2.45. The van der Waals surface area contributed by atoms with Crippen LogP contribution in [0.25, 0.3) is 11.0 Å². The molecule has 0 amide bonds. The second kappa shape index (κ2) is 5.24. The molecule has 2 aromatic heterocycles. The van der Waals surface area contributed by atoms with Crippen LogP contribution in [0.15, 0.2) is 29.0 Å². The zero-order valence-electron chi connectivity index (χ0n) is 11.7. The van der Waals surface area contributed by atoms with E-state index in [1.54, 1.807) is 6.26 Å². The van der Waals surface area contributed by atoms with Gasteiger partial charge in [0.05, 0.1) is 11.6 Å². The summed E-state index contributed by atoms with van der Waals surface area (Å²) >= 11 is 0.